The molecule has 0 saturated heterocycles. The van der Waals surface area contributed by atoms with E-state index in [1.54, 1.807) is 13.0 Å². The third-order valence-corrected chi connectivity index (χ3v) is 2.86. The zero-order valence-electron chi connectivity index (χ0n) is 10.4. The van der Waals surface area contributed by atoms with E-state index in [-0.39, 0.29) is 11.1 Å². The van der Waals surface area contributed by atoms with Gasteiger partial charge in [-0.3, -0.25) is 0 Å². The van der Waals surface area contributed by atoms with Crippen LogP contribution in [0.3, 0.4) is 0 Å². The lowest BCUT2D eigenvalue weighted by molar-refractivity contribution is -0.136. The molecule has 0 amide bonds. The summed E-state index contributed by atoms with van der Waals surface area (Å²) in [4.78, 5) is 2.84. The maximum Gasteiger partial charge on any atom is 0.407 e. The van der Waals surface area contributed by atoms with Crippen LogP contribution in [0.4, 0.5) is 23.2 Å². The molecule has 2 aromatic rings. The smallest absolute Gasteiger partial charge is 0.238 e. The Labute approximate surface area is 113 Å². The van der Waals surface area contributed by atoms with Crippen LogP contribution in [-0.4, -0.2) is 0 Å². The topological polar surface area (TPSA) is 4.36 Å². The molecule has 0 spiro atoms. The van der Waals surface area contributed by atoms with E-state index < -0.39 is 23.2 Å². The highest BCUT2D eigenvalue weighted by Gasteiger charge is 2.33. The summed E-state index contributed by atoms with van der Waals surface area (Å²) < 4.78 is 52.4. The molecule has 20 heavy (non-hydrogen) atoms. The zero-order valence-corrected chi connectivity index (χ0v) is 10.4. The number of hydrogen-bond acceptors (Lipinski definition) is 0. The van der Waals surface area contributed by atoms with E-state index in [1.807, 2.05) is 0 Å². The zero-order chi connectivity index (χ0) is 14.9. The average Bonchev–Trinajstić information content (AvgIpc) is 2.37. The molecule has 0 fully saturated rings. The van der Waals surface area contributed by atoms with Gasteiger partial charge in [0.05, 0.1) is 12.1 Å². The van der Waals surface area contributed by atoms with Crippen LogP contribution in [0.25, 0.3) is 16.0 Å². The minimum Gasteiger partial charge on any atom is -0.238 e. The third kappa shape index (κ3) is 2.64. The van der Waals surface area contributed by atoms with Crippen molar-refractivity contribution in [3.8, 4) is 11.1 Å². The fourth-order valence-electron chi connectivity index (χ4n) is 1.88. The second-order valence-corrected chi connectivity index (χ2v) is 4.32. The molecule has 0 aliphatic heterocycles. The van der Waals surface area contributed by atoms with Gasteiger partial charge in [-0.1, -0.05) is 30.3 Å². The Morgan fingerprint density at radius 2 is 1.75 bits per heavy atom. The summed E-state index contributed by atoms with van der Waals surface area (Å²) in [6.45, 7) is 8.45. The van der Waals surface area contributed by atoms with Gasteiger partial charge in [0.15, 0.2) is 5.69 Å². The highest BCUT2D eigenvalue weighted by atomic mass is 19.4. The first-order valence-electron chi connectivity index (χ1n) is 5.68. The van der Waals surface area contributed by atoms with Crippen molar-refractivity contribution in [1.82, 2.24) is 0 Å². The van der Waals surface area contributed by atoms with Gasteiger partial charge in [0.2, 0.25) is 0 Å². The molecule has 0 bridgehead atoms. The quantitative estimate of drug-likeness (QED) is 0.488. The van der Waals surface area contributed by atoms with Gasteiger partial charge in [-0.25, -0.2) is 9.24 Å². The van der Waals surface area contributed by atoms with Gasteiger partial charge in [-0.15, -0.1) is 0 Å². The van der Waals surface area contributed by atoms with Crippen LogP contribution >= 0.6 is 0 Å². The van der Waals surface area contributed by atoms with E-state index in [2.05, 4.69) is 4.85 Å². The molecule has 2 aromatic carbocycles. The van der Waals surface area contributed by atoms with E-state index in [0.717, 1.165) is 12.1 Å². The number of hydrogen-bond donors (Lipinski definition) is 0. The number of aryl methyl sites for hydroxylation is 1. The van der Waals surface area contributed by atoms with Gasteiger partial charge in [-0.2, -0.15) is 13.2 Å². The molecule has 0 atom stereocenters. The van der Waals surface area contributed by atoms with Crippen molar-refractivity contribution in [2.75, 3.05) is 0 Å². The minimum atomic E-state index is -4.64. The summed E-state index contributed by atoms with van der Waals surface area (Å²) in [5, 5.41) is 0. The molecule has 0 unspecified atom stereocenters. The summed E-state index contributed by atoms with van der Waals surface area (Å²) in [6, 6.07) is 7.49. The first-order valence-corrected chi connectivity index (χ1v) is 5.68. The van der Waals surface area contributed by atoms with Gasteiger partial charge in [0.25, 0.3) is 0 Å². The van der Waals surface area contributed by atoms with Crippen molar-refractivity contribution in [2.45, 2.75) is 13.1 Å². The van der Waals surface area contributed by atoms with Gasteiger partial charge < -0.3 is 0 Å². The molecule has 0 aliphatic carbocycles. The number of rotatable bonds is 1. The van der Waals surface area contributed by atoms with E-state index >= 15 is 0 Å². The number of halogens is 4. The minimum absolute atomic E-state index is 0.0811. The highest BCUT2D eigenvalue weighted by Crippen LogP contribution is 2.39. The highest BCUT2D eigenvalue weighted by molar-refractivity contribution is 5.70. The van der Waals surface area contributed by atoms with Crippen LogP contribution in [-0.2, 0) is 6.18 Å². The van der Waals surface area contributed by atoms with E-state index in [9.17, 15) is 17.6 Å². The van der Waals surface area contributed by atoms with Crippen molar-refractivity contribution >= 4 is 5.69 Å². The Morgan fingerprint density at radius 1 is 1.05 bits per heavy atom. The number of alkyl halides is 3. The summed E-state index contributed by atoms with van der Waals surface area (Å²) >= 11 is 0. The normalized spacial score (nSPS) is 11.2. The van der Waals surface area contributed by atoms with Gasteiger partial charge in [0, 0.05) is 5.56 Å². The first-order chi connectivity index (χ1) is 9.32. The lowest BCUT2D eigenvalue weighted by Gasteiger charge is -2.12. The van der Waals surface area contributed by atoms with Crippen molar-refractivity contribution < 1.29 is 17.6 Å². The lowest BCUT2D eigenvalue weighted by Crippen LogP contribution is -2.05. The molecule has 0 aromatic heterocycles. The fraction of sp³-hybridized carbons (Fsp3) is 0.133. The molecule has 0 N–H and O–H groups in total. The van der Waals surface area contributed by atoms with Crippen molar-refractivity contribution in [3.63, 3.8) is 0 Å². The number of benzene rings is 2. The second kappa shape index (κ2) is 4.97. The Bertz CT molecular complexity index is 696. The predicted molar refractivity (Wildman–Crippen MR) is 67.8 cm³/mol. The molecule has 0 aliphatic rings. The summed E-state index contributed by atoms with van der Waals surface area (Å²) in [5.41, 5.74) is -0.682. The molecular formula is C15H9F4N. The van der Waals surface area contributed by atoms with E-state index in [1.165, 1.54) is 18.2 Å². The largest absolute Gasteiger partial charge is 0.407 e. The van der Waals surface area contributed by atoms with Crippen LogP contribution < -0.4 is 0 Å². The fourth-order valence-corrected chi connectivity index (χ4v) is 1.88. The van der Waals surface area contributed by atoms with Crippen molar-refractivity contribution in [2.24, 2.45) is 0 Å². The lowest BCUT2D eigenvalue weighted by atomic mass is 10.00. The van der Waals surface area contributed by atoms with Crippen LogP contribution in [0.2, 0.25) is 0 Å². The standard InChI is InChI=1S/C15H9F4N/c1-9-3-5-11(13(16)7-9)10-4-6-14(20-2)12(8-10)15(17,18)19/h3-8H,1H3. The monoisotopic (exact) mass is 279 g/mol. The maximum absolute atomic E-state index is 13.8. The van der Waals surface area contributed by atoms with Gasteiger partial charge >= 0.3 is 6.18 Å². The molecule has 1 nitrogen and oxygen atoms in total. The molecule has 0 saturated carbocycles. The average molecular weight is 279 g/mol. The van der Waals surface area contributed by atoms with Crippen LogP contribution in [0.1, 0.15) is 11.1 Å². The van der Waals surface area contributed by atoms with E-state index in [0.29, 0.717) is 5.56 Å². The Kier molecular flexibility index (Phi) is 3.49. The van der Waals surface area contributed by atoms with Gasteiger partial charge in [-0.05, 0) is 24.1 Å². The summed E-state index contributed by atoms with van der Waals surface area (Å²) in [5.74, 6) is -0.589. The SMILES string of the molecule is [C-]#[N+]c1ccc(-c2ccc(C)cc2F)cc1C(F)(F)F. The molecule has 0 heterocycles. The number of nitrogens with zero attached hydrogens (tertiary/aromatic N) is 1. The van der Waals surface area contributed by atoms with Crippen molar-refractivity contribution in [1.29, 1.82) is 0 Å². The molecule has 102 valence electrons. The van der Waals surface area contributed by atoms with Crippen LogP contribution in [0.15, 0.2) is 36.4 Å². The summed E-state index contributed by atoms with van der Waals surface area (Å²) in [6.07, 6.45) is -4.64. The first kappa shape index (κ1) is 14.1. The summed E-state index contributed by atoms with van der Waals surface area (Å²) in [7, 11) is 0. The molecule has 2 rings (SSSR count). The Hall–Kier alpha value is -2.35. The van der Waals surface area contributed by atoms with Crippen molar-refractivity contribution in [3.05, 3.63) is 64.8 Å². The molecule has 0 radical (unpaired) electrons. The van der Waals surface area contributed by atoms with Gasteiger partial charge in [0.1, 0.15) is 5.82 Å². The Morgan fingerprint density at radius 3 is 2.30 bits per heavy atom. The Balaban J connectivity index is 2.63. The maximum atomic E-state index is 13.8. The molecule has 5 heteroatoms. The van der Waals surface area contributed by atoms with Crippen LogP contribution in [0, 0.1) is 19.3 Å². The second-order valence-electron chi connectivity index (χ2n) is 4.32. The third-order valence-electron chi connectivity index (χ3n) is 2.86. The van der Waals surface area contributed by atoms with Crippen LogP contribution in [0.5, 0.6) is 0 Å². The van der Waals surface area contributed by atoms with E-state index in [4.69, 9.17) is 6.57 Å². The predicted octanol–water partition coefficient (Wildman–Crippen LogP) is 5.37. The molecular weight excluding hydrogens is 270 g/mol.